The first-order chi connectivity index (χ1) is 7.66. The molecule has 1 saturated carbocycles. The van der Waals surface area contributed by atoms with Crippen LogP contribution in [0.5, 0.6) is 0 Å². The molecule has 88 valence electrons. The van der Waals surface area contributed by atoms with Gasteiger partial charge in [-0.3, -0.25) is 0 Å². The first-order valence-electron chi connectivity index (χ1n) is 5.87. The molecule has 0 bridgehead atoms. The van der Waals surface area contributed by atoms with E-state index in [4.69, 9.17) is 17.3 Å². The molecule has 0 amide bonds. The van der Waals surface area contributed by atoms with Gasteiger partial charge in [0.15, 0.2) is 0 Å². The van der Waals surface area contributed by atoms with Crippen molar-refractivity contribution in [3.8, 4) is 0 Å². The summed E-state index contributed by atoms with van der Waals surface area (Å²) in [5.74, 6) is 0.796. The van der Waals surface area contributed by atoms with E-state index in [2.05, 4.69) is 15.9 Å². The van der Waals surface area contributed by atoms with Gasteiger partial charge in [-0.1, -0.05) is 53.2 Å². The van der Waals surface area contributed by atoms with Gasteiger partial charge >= 0.3 is 0 Å². The fraction of sp³-hybridized carbons (Fsp3) is 0.538. The third-order valence-electron chi connectivity index (χ3n) is 3.42. The normalized spacial score (nSPS) is 18.9. The molecule has 0 spiro atoms. The second-order valence-electron chi connectivity index (χ2n) is 4.66. The zero-order valence-electron chi connectivity index (χ0n) is 9.26. The van der Waals surface area contributed by atoms with Crippen LogP contribution in [-0.2, 0) is 0 Å². The van der Waals surface area contributed by atoms with E-state index >= 15 is 0 Å². The van der Waals surface area contributed by atoms with Gasteiger partial charge in [0.25, 0.3) is 0 Å². The summed E-state index contributed by atoms with van der Waals surface area (Å²) in [5, 5.41) is 0.786. The molecule has 1 unspecified atom stereocenters. The molecule has 0 radical (unpaired) electrons. The van der Waals surface area contributed by atoms with Crippen LogP contribution < -0.4 is 5.73 Å². The molecule has 1 nitrogen and oxygen atoms in total. The fourth-order valence-corrected chi connectivity index (χ4v) is 3.17. The molecular formula is C13H17BrClN. The number of nitrogens with two attached hydrogens (primary N) is 1. The molecule has 1 aliphatic carbocycles. The summed E-state index contributed by atoms with van der Waals surface area (Å²) >= 11 is 9.64. The molecule has 1 atom stereocenters. The Balaban J connectivity index is 2.07. The van der Waals surface area contributed by atoms with Crippen molar-refractivity contribution in [2.45, 2.75) is 38.1 Å². The van der Waals surface area contributed by atoms with Crippen LogP contribution in [0.2, 0.25) is 5.02 Å². The molecule has 2 N–H and O–H groups in total. The summed E-state index contributed by atoms with van der Waals surface area (Å²) in [4.78, 5) is 0. The molecule has 1 aromatic rings. The van der Waals surface area contributed by atoms with E-state index in [1.54, 1.807) is 0 Å². The quantitative estimate of drug-likeness (QED) is 0.862. The molecule has 0 heterocycles. The minimum absolute atomic E-state index is 0.0769. The molecule has 1 aliphatic rings. The van der Waals surface area contributed by atoms with Crippen molar-refractivity contribution in [1.29, 1.82) is 0 Å². The van der Waals surface area contributed by atoms with Crippen molar-refractivity contribution in [2.75, 3.05) is 0 Å². The van der Waals surface area contributed by atoms with Crippen LogP contribution in [0.1, 0.15) is 43.7 Å². The van der Waals surface area contributed by atoms with Gasteiger partial charge in [0, 0.05) is 15.5 Å². The third kappa shape index (κ3) is 2.99. The van der Waals surface area contributed by atoms with Crippen molar-refractivity contribution < 1.29 is 0 Å². The zero-order valence-corrected chi connectivity index (χ0v) is 11.6. The average molecular weight is 303 g/mol. The van der Waals surface area contributed by atoms with E-state index in [9.17, 15) is 0 Å². The van der Waals surface area contributed by atoms with E-state index < -0.39 is 0 Å². The van der Waals surface area contributed by atoms with Gasteiger partial charge in [-0.15, -0.1) is 0 Å². The standard InChI is InChI=1S/C13H17BrClN/c14-10-5-6-12(15)11(8-10)13(16)7-9-3-1-2-4-9/h5-6,8-9,13H,1-4,7,16H2. The molecule has 16 heavy (non-hydrogen) atoms. The molecule has 0 aromatic heterocycles. The second kappa shape index (κ2) is 5.52. The number of rotatable bonds is 3. The maximum Gasteiger partial charge on any atom is 0.0454 e. The van der Waals surface area contributed by atoms with Crippen LogP contribution in [0.25, 0.3) is 0 Å². The predicted molar refractivity (Wildman–Crippen MR) is 72.7 cm³/mol. The van der Waals surface area contributed by atoms with Gasteiger partial charge in [0.1, 0.15) is 0 Å². The first-order valence-corrected chi connectivity index (χ1v) is 7.04. The Bertz CT molecular complexity index is 361. The van der Waals surface area contributed by atoms with Crippen molar-refractivity contribution in [3.63, 3.8) is 0 Å². The highest BCUT2D eigenvalue weighted by molar-refractivity contribution is 9.10. The SMILES string of the molecule is NC(CC1CCCC1)c1cc(Br)ccc1Cl. The van der Waals surface area contributed by atoms with Crippen LogP contribution in [0.3, 0.4) is 0 Å². The van der Waals surface area contributed by atoms with Crippen LogP contribution >= 0.6 is 27.5 Å². The summed E-state index contributed by atoms with van der Waals surface area (Å²) in [7, 11) is 0. The van der Waals surface area contributed by atoms with Gasteiger partial charge < -0.3 is 5.73 Å². The maximum absolute atomic E-state index is 6.24. The molecule has 0 saturated heterocycles. The highest BCUT2D eigenvalue weighted by Gasteiger charge is 2.20. The van der Waals surface area contributed by atoms with E-state index in [1.807, 2.05) is 18.2 Å². The number of hydrogen-bond donors (Lipinski definition) is 1. The van der Waals surface area contributed by atoms with E-state index in [0.717, 1.165) is 27.4 Å². The minimum atomic E-state index is 0.0769. The third-order valence-corrected chi connectivity index (χ3v) is 4.26. The highest BCUT2D eigenvalue weighted by atomic mass is 79.9. The number of halogens is 2. The second-order valence-corrected chi connectivity index (χ2v) is 5.98. The van der Waals surface area contributed by atoms with Crippen LogP contribution in [0, 0.1) is 5.92 Å². The monoisotopic (exact) mass is 301 g/mol. The zero-order chi connectivity index (χ0) is 11.5. The van der Waals surface area contributed by atoms with Crippen molar-refractivity contribution in [1.82, 2.24) is 0 Å². The molecule has 1 fully saturated rings. The first kappa shape index (κ1) is 12.4. The van der Waals surface area contributed by atoms with Crippen LogP contribution in [0.15, 0.2) is 22.7 Å². The summed E-state index contributed by atoms with van der Waals surface area (Å²) < 4.78 is 1.05. The van der Waals surface area contributed by atoms with Gasteiger partial charge in [0.2, 0.25) is 0 Å². The van der Waals surface area contributed by atoms with E-state index in [-0.39, 0.29) is 6.04 Å². The largest absolute Gasteiger partial charge is 0.324 e. The van der Waals surface area contributed by atoms with Gasteiger partial charge in [-0.05, 0) is 36.1 Å². The Kier molecular flexibility index (Phi) is 4.28. The van der Waals surface area contributed by atoms with Crippen molar-refractivity contribution in [3.05, 3.63) is 33.3 Å². The lowest BCUT2D eigenvalue weighted by atomic mass is 9.94. The molecule has 2 rings (SSSR count). The fourth-order valence-electron chi connectivity index (χ4n) is 2.53. The lowest BCUT2D eigenvalue weighted by Gasteiger charge is -2.18. The highest BCUT2D eigenvalue weighted by Crippen LogP contribution is 2.34. The molecule has 1 aromatic carbocycles. The Morgan fingerprint density at radius 3 is 2.75 bits per heavy atom. The summed E-state index contributed by atoms with van der Waals surface area (Å²) in [6.45, 7) is 0. The smallest absolute Gasteiger partial charge is 0.0454 e. The minimum Gasteiger partial charge on any atom is -0.324 e. The van der Waals surface area contributed by atoms with E-state index in [1.165, 1.54) is 25.7 Å². The molecule has 3 heteroatoms. The Morgan fingerprint density at radius 1 is 1.38 bits per heavy atom. The summed E-state index contributed by atoms with van der Waals surface area (Å²) in [6.07, 6.45) is 6.46. The van der Waals surface area contributed by atoms with Gasteiger partial charge in [-0.25, -0.2) is 0 Å². The lowest BCUT2D eigenvalue weighted by Crippen LogP contribution is -2.14. The lowest BCUT2D eigenvalue weighted by molar-refractivity contribution is 0.451. The average Bonchev–Trinajstić information content (AvgIpc) is 2.74. The Morgan fingerprint density at radius 2 is 2.06 bits per heavy atom. The summed E-state index contributed by atoms with van der Waals surface area (Å²) in [5.41, 5.74) is 7.31. The van der Waals surface area contributed by atoms with Crippen LogP contribution in [-0.4, -0.2) is 0 Å². The van der Waals surface area contributed by atoms with Gasteiger partial charge in [0.05, 0.1) is 0 Å². The predicted octanol–water partition coefficient (Wildman–Crippen LogP) is 4.68. The van der Waals surface area contributed by atoms with E-state index in [0.29, 0.717) is 0 Å². The topological polar surface area (TPSA) is 26.0 Å². The molecular weight excluding hydrogens is 286 g/mol. The maximum atomic E-state index is 6.24. The Labute approximate surface area is 110 Å². The van der Waals surface area contributed by atoms with Gasteiger partial charge in [-0.2, -0.15) is 0 Å². The van der Waals surface area contributed by atoms with Crippen LogP contribution in [0.4, 0.5) is 0 Å². The Hall–Kier alpha value is -0.0500. The number of hydrogen-bond acceptors (Lipinski definition) is 1. The van der Waals surface area contributed by atoms with Crippen molar-refractivity contribution in [2.24, 2.45) is 11.7 Å². The molecule has 0 aliphatic heterocycles. The number of benzene rings is 1. The van der Waals surface area contributed by atoms with Crippen molar-refractivity contribution >= 4 is 27.5 Å². The summed E-state index contributed by atoms with van der Waals surface area (Å²) in [6, 6.07) is 5.99.